The molecular formula is C14H9IN6O4. The van der Waals surface area contributed by atoms with E-state index in [2.05, 4.69) is 43.0 Å². The fourth-order valence-electron chi connectivity index (χ4n) is 2.12. The second-order valence-corrected chi connectivity index (χ2v) is 5.97. The highest BCUT2D eigenvalue weighted by Crippen LogP contribution is 2.22. The first-order valence-electron chi connectivity index (χ1n) is 6.81. The van der Waals surface area contributed by atoms with Gasteiger partial charge in [0.25, 0.3) is 11.4 Å². The molecule has 0 atom stereocenters. The van der Waals surface area contributed by atoms with Crippen LogP contribution in [-0.2, 0) is 0 Å². The third kappa shape index (κ3) is 3.55. The predicted octanol–water partition coefficient (Wildman–Crippen LogP) is 3.55. The van der Waals surface area contributed by atoms with Crippen LogP contribution in [0.1, 0.15) is 0 Å². The van der Waals surface area contributed by atoms with E-state index >= 15 is 0 Å². The van der Waals surface area contributed by atoms with Crippen molar-refractivity contribution in [1.29, 1.82) is 0 Å². The molecule has 10 nitrogen and oxygen atoms in total. The predicted molar refractivity (Wildman–Crippen MR) is 98.2 cm³/mol. The maximum Gasteiger partial charge on any atom is 0.270 e. The number of benzene rings is 2. The summed E-state index contributed by atoms with van der Waals surface area (Å²) in [6, 6.07) is 9.16. The molecule has 2 heterocycles. The van der Waals surface area contributed by atoms with Crippen LogP contribution in [0.2, 0.25) is 0 Å². The second kappa shape index (κ2) is 6.80. The van der Waals surface area contributed by atoms with E-state index in [4.69, 9.17) is 0 Å². The van der Waals surface area contributed by atoms with Gasteiger partial charge < -0.3 is 0 Å². The van der Waals surface area contributed by atoms with Gasteiger partial charge in [-0.05, 0) is 34.7 Å². The van der Waals surface area contributed by atoms with Crippen molar-refractivity contribution in [3.8, 4) is 0 Å². The van der Waals surface area contributed by atoms with Crippen LogP contribution < -0.4 is 0 Å². The van der Waals surface area contributed by atoms with Crippen LogP contribution in [0.25, 0.3) is 21.8 Å². The van der Waals surface area contributed by atoms with Gasteiger partial charge in [-0.15, -0.1) is 0 Å². The smallest absolute Gasteiger partial charge is 0.270 e. The third-order valence-electron chi connectivity index (χ3n) is 3.34. The van der Waals surface area contributed by atoms with Crippen molar-refractivity contribution in [3.63, 3.8) is 0 Å². The van der Waals surface area contributed by atoms with Crippen LogP contribution in [0.3, 0.4) is 0 Å². The van der Waals surface area contributed by atoms with E-state index in [0.29, 0.717) is 0 Å². The molecule has 4 aromatic rings. The minimum Gasteiger partial charge on any atom is -0.278 e. The van der Waals surface area contributed by atoms with Gasteiger partial charge in [0.2, 0.25) is 0 Å². The van der Waals surface area contributed by atoms with Gasteiger partial charge in [0.05, 0.1) is 27.1 Å². The average Bonchev–Trinajstić information content (AvgIpc) is 3.21. The lowest BCUT2D eigenvalue weighted by Crippen LogP contribution is -1.86. The molecule has 0 saturated heterocycles. The number of H-pyrrole nitrogens is 2. The largest absolute Gasteiger partial charge is 0.278 e. The number of hydrogen-bond acceptors (Lipinski definition) is 6. The lowest BCUT2D eigenvalue weighted by molar-refractivity contribution is -0.384. The molecule has 0 aliphatic heterocycles. The summed E-state index contributed by atoms with van der Waals surface area (Å²) in [6.45, 7) is 0. The number of nitro benzene ring substituents is 2. The van der Waals surface area contributed by atoms with E-state index in [1.165, 1.54) is 24.3 Å². The van der Waals surface area contributed by atoms with E-state index in [-0.39, 0.29) is 11.4 Å². The number of non-ortho nitro benzene ring substituents is 2. The number of nitrogens with zero attached hydrogens (tertiary/aromatic N) is 4. The summed E-state index contributed by atoms with van der Waals surface area (Å²) in [7, 11) is 0. The van der Waals surface area contributed by atoms with E-state index in [0.717, 1.165) is 25.5 Å². The minimum atomic E-state index is -0.424. The Kier molecular flexibility index (Phi) is 4.56. The molecule has 2 aromatic heterocycles. The minimum absolute atomic E-state index is 0.0869. The van der Waals surface area contributed by atoms with Crippen molar-refractivity contribution in [2.24, 2.45) is 0 Å². The summed E-state index contributed by atoms with van der Waals surface area (Å²) in [4.78, 5) is 20.0. The molecule has 0 aliphatic rings. The van der Waals surface area contributed by atoms with Gasteiger partial charge in [0.15, 0.2) is 0 Å². The van der Waals surface area contributed by atoms with E-state index in [1.807, 2.05) is 0 Å². The summed E-state index contributed by atoms with van der Waals surface area (Å²) in [5.74, 6) is 0. The molecule has 25 heavy (non-hydrogen) atoms. The Balaban J connectivity index is 0.000000146. The normalized spacial score (nSPS) is 10.4. The zero-order chi connectivity index (χ0) is 18.0. The number of rotatable bonds is 2. The zero-order valence-corrected chi connectivity index (χ0v) is 14.5. The van der Waals surface area contributed by atoms with Crippen molar-refractivity contribution in [2.75, 3.05) is 0 Å². The van der Waals surface area contributed by atoms with Gasteiger partial charge in [0, 0.05) is 35.0 Å². The fourth-order valence-corrected chi connectivity index (χ4v) is 2.68. The van der Waals surface area contributed by atoms with Crippen molar-refractivity contribution in [3.05, 3.63) is 66.5 Å². The van der Waals surface area contributed by atoms with Crippen LogP contribution in [-0.4, -0.2) is 30.2 Å². The van der Waals surface area contributed by atoms with Crippen LogP contribution in [0.5, 0.6) is 0 Å². The molecule has 0 bridgehead atoms. The number of hydrogen-bond donors (Lipinski definition) is 2. The van der Waals surface area contributed by atoms with Crippen LogP contribution in [0.15, 0.2) is 42.6 Å². The number of halogens is 1. The summed E-state index contributed by atoms with van der Waals surface area (Å²) < 4.78 is 0.816. The van der Waals surface area contributed by atoms with Gasteiger partial charge in [-0.25, -0.2) is 0 Å². The molecule has 126 valence electrons. The Morgan fingerprint density at radius 1 is 0.960 bits per heavy atom. The highest BCUT2D eigenvalue weighted by atomic mass is 127. The molecule has 0 unspecified atom stereocenters. The number of nitrogens with one attached hydrogen (secondary N) is 2. The lowest BCUT2D eigenvalue weighted by atomic mass is 10.2. The quantitative estimate of drug-likeness (QED) is 0.271. The maximum absolute atomic E-state index is 10.5. The van der Waals surface area contributed by atoms with E-state index in [1.54, 1.807) is 18.3 Å². The van der Waals surface area contributed by atoms with Crippen molar-refractivity contribution < 1.29 is 9.85 Å². The Labute approximate surface area is 152 Å². The molecule has 0 aliphatic carbocycles. The Hall–Kier alpha value is -3.09. The van der Waals surface area contributed by atoms with Crippen molar-refractivity contribution in [2.45, 2.75) is 0 Å². The van der Waals surface area contributed by atoms with Crippen LogP contribution in [0.4, 0.5) is 11.4 Å². The third-order valence-corrected chi connectivity index (χ3v) is 4.16. The monoisotopic (exact) mass is 452 g/mol. The topological polar surface area (TPSA) is 144 Å². The Bertz CT molecular complexity index is 1090. The Morgan fingerprint density at radius 2 is 1.64 bits per heavy atom. The number of nitro groups is 2. The summed E-state index contributed by atoms with van der Waals surface area (Å²) in [5, 5.41) is 35.5. The van der Waals surface area contributed by atoms with E-state index in [9.17, 15) is 20.2 Å². The highest BCUT2D eigenvalue weighted by molar-refractivity contribution is 14.1. The number of fused-ring (bicyclic) bond motifs is 2. The van der Waals surface area contributed by atoms with Crippen LogP contribution in [0, 0.1) is 23.9 Å². The molecule has 0 fully saturated rings. The van der Waals surface area contributed by atoms with Gasteiger partial charge in [-0.3, -0.25) is 30.4 Å². The first-order valence-corrected chi connectivity index (χ1v) is 7.89. The van der Waals surface area contributed by atoms with Crippen molar-refractivity contribution >= 4 is 55.8 Å². The molecule has 4 rings (SSSR count). The molecular weight excluding hydrogens is 443 g/mol. The number of aromatic amines is 2. The summed E-state index contributed by atoms with van der Waals surface area (Å²) >= 11 is 2.05. The highest BCUT2D eigenvalue weighted by Gasteiger charge is 2.09. The maximum atomic E-state index is 10.5. The van der Waals surface area contributed by atoms with Gasteiger partial charge in [-0.1, -0.05) is 0 Å². The molecule has 0 radical (unpaired) electrons. The summed E-state index contributed by atoms with van der Waals surface area (Å²) in [6.07, 6.45) is 1.56. The van der Waals surface area contributed by atoms with Crippen molar-refractivity contribution in [1.82, 2.24) is 20.4 Å². The van der Waals surface area contributed by atoms with Gasteiger partial charge in [0.1, 0.15) is 3.70 Å². The van der Waals surface area contributed by atoms with Gasteiger partial charge >= 0.3 is 0 Å². The SMILES string of the molecule is O=[N+]([O-])c1ccc2[nH]ncc2c1.O=[N+]([O-])c1ccc2n[nH]c(I)c2c1. The molecule has 2 aromatic carbocycles. The fraction of sp³-hybridized carbons (Fsp3) is 0. The first-order chi connectivity index (χ1) is 12.0. The van der Waals surface area contributed by atoms with Gasteiger partial charge in [-0.2, -0.15) is 10.2 Å². The van der Waals surface area contributed by atoms with Crippen LogP contribution >= 0.6 is 22.6 Å². The molecule has 0 saturated carbocycles. The molecule has 11 heteroatoms. The first kappa shape index (κ1) is 16.8. The zero-order valence-electron chi connectivity index (χ0n) is 12.3. The molecule has 0 amide bonds. The molecule has 0 spiro atoms. The Morgan fingerprint density at radius 3 is 2.36 bits per heavy atom. The lowest BCUT2D eigenvalue weighted by Gasteiger charge is -1.90. The summed E-state index contributed by atoms with van der Waals surface area (Å²) in [5.41, 5.74) is 1.73. The van der Waals surface area contributed by atoms with E-state index < -0.39 is 9.85 Å². The second-order valence-electron chi connectivity index (χ2n) is 4.89. The molecule has 2 N–H and O–H groups in total. The standard InChI is InChI=1S/C7H4IN3O2.C7H5N3O2/c8-7-5-3-4(11(12)13)1-2-6(5)9-10-7;11-10(12)6-1-2-7-5(3-6)4-8-9-7/h1-3H,(H,9,10);1-4H,(H,8,9). The number of aromatic nitrogens is 4. The average molecular weight is 452 g/mol.